The predicted octanol–water partition coefficient (Wildman–Crippen LogP) is 6.15. The zero-order valence-corrected chi connectivity index (χ0v) is 18.0. The van der Waals surface area contributed by atoms with Gasteiger partial charge in [-0.1, -0.05) is 76.2 Å². The smallest absolute Gasteiger partial charge is 0.307 e. The molecule has 1 N–H and O–H groups in total. The Morgan fingerprint density at radius 1 is 0.893 bits per heavy atom. The van der Waals surface area contributed by atoms with Gasteiger partial charge in [0.05, 0.1) is 13.2 Å². The maximum absolute atomic E-state index is 14.6. The van der Waals surface area contributed by atoms with Crippen molar-refractivity contribution in [2.45, 2.75) is 40.0 Å². The van der Waals surface area contributed by atoms with Crippen molar-refractivity contribution >= 4 is 7.60 Å². The standard InChI is InChI=1S/C22H31FNO3P/c1-17(2)15-26-28(25,27-16-18(3)4)22(20-12-8-9-13-21(20)23)24-14-19-10-6-5-7-11-19/h5-13,17-18,22,24H,14-16H2,1-4H3/t22-/m1/s1. The molecule has 0 aliphatic rings. The van der Waals surface area contributed by atoms with Gasteiger partial charge in [0.2, 0.25) is 0 Å². The molecule has 0 fully saturated rings. The Kier molecular flexibility index (Phi) is 8.84. The maximum atomic E-state index is 14.6. The second kappa shape index (κ2) is 10.9. The normalized spacial score (nSPS) is 13.2. The van der Waals surface area contributed by atoms with E-state index < -0.39 is 19.2 Å². The number of benzene rings is 2. The summed E-state index contributed by atoms with van der Waals surface area (Å²) in [5.74, 6) is -0.987. The number of hydrogen-bond donors (Lipinski definition) is 1. The van der Waals surface area contributed by atoms with Crippen LogP contribution in [0.1, 0.15) is 44.6 Å². The number of hydrogen-bond acceptors (Lipinski definition) is 4. The molecule has 2 aromatic rings. The number of nitrogens with one attached hydrogen (secondary N) is 1. The van der Waals surface area contributed by atoms with Gasteiger partial charge in [-0.3, -0.25) is 9.88 Å². The molecule has 0 spiro atoms. The predicted molar refractivity (Wildman–Crippen MR) is 112 cm³/mol. The summed E-state index contributed by atoms with van der Waals surface area (Å²) in [5, 5.41) is 3.23. The van der Waals surface area contributed by atoms with Crippen LogP contribution in [-0.4, -0.2) is 13.2 Å². The Hall–Kier alpha value is -1.52. The molecule has 0 aliphatic heterocycles. The Balaban J connectivity index is 2.36. The first kappa shape index (κ1) is 22.8. The third-order valence-corrected chi connectivity index (χ3v) is 6.15. The summed E-state index contributed by atoms with van der Waals surface area (Å²) in [7, 11) is -3.67. The average molecular weight is 407 g/mol. The molecule has 6 heteroatoms. The zero-order chi connectivity index (χ0) is 20.6. The van der Waals surface area contributed by atoms with Gasteiger partial charge in [-0.05, 0) is 23.5 Å². The van der Waals surface area contributed by atoms with E-state index in [1.165, 1.54) is 6.07 Å². The molecule has 154 valence electrons. The highest BCUT2D eigenvalue weighted by Crippen LogP contribution is 2.60. The summed E-state index contributed by atoms with van der Waals surface area (Å²) in [6.45, 7) is 8.86. The van der Waals surface area contributed by atoms with E-state index in [0.29, 0.717) is 6.54 Å². The van der Waals surface area contributed by atoms with E-state index in [0.717, 1.165) is 5.56 Å². The lowest BCUT2D eigenvalue weighted by Crippen LogP contribution is -2.25. The fourth-order valence-electron chi connectivity index (χ4n) is 2.59. The molecule has 0 amide bonds. The van der Waals surface area contributed by atoms with Gasteiger partial charge in [0.25, 0.3) is 0 Å². The Morgan fingerprint density at radius 2 is 1.43 bits per heavy atom. The van der Waals surface area contributed by atoms with E-state index in [2.05, 4.69) is 5.32 Å². The summed E-state index contributed by atoms with van der Waals surface area (Å²) >= 11 is 0. The van der Waals surface area contributed by atoms with Crippen LogP contribution in [0.3, 0.4) is 0 Å². The van der Waals surface area contributed by atoms with Gasteiger partial charge in [0, 0.05) is 12.1 Å². The van der Waals surface area contributed by atoms with Crippen LogP contribution in [0.15, 0.2) is 54.6 Å². The lowest BCUT2D eigenvalue weighted by Gasteiger charge is -2.29. The minimum Gasteiger partial charge on any atom is -0.307 e. The Labute approximate surface area is 168 Å². The largest absolute Gasteiger partial charge is 0.352 e. The number of halogens is 1. The van der Waals surface area contributed by atoms with Crippen LogP contribution in [0.25, 0.3) is 0 Å². The maximum Gasteiger partial charge on any atom is 0.352 e. The molecule has 0 heterocycles. The van der Waals surface area contributed by atoms with E-state index in [4.69, 9.17) is 9.05 Å². The highest BCUT2D eigenvalue weighted by Gasteiger charge is 2.39. The van der Waals surface area contributed by atoms with Gasteiger partial charge in [0.15, 0.2) is 0 Å². The molecule has 2 aromatic carbocycles. The van der Waals surface area contributed by atoms with E-state index in [9.17, 15) is 8.96 Å². The molecule has 2 rings (SSSR count). The van der Waals surface area contributed by atoms with Crippen molar-refractivity contribution in [2.75, 3.05) is 13.2 Å². The third-order valence-electron chi connectivity index (χ3n) is 4.03. The van der Waals surface area contributed by atoms with E-state index >= 15 is 0 Å². The van der Waals surface area contributed by atoms with Crippen LogP contribution < -0.4 is 5.32 Å². The molecule has 4 nitrogen and oxygen atoms in total. The van der Waals surface area contributed by atoms with E-state index in [-0.39, 0.29) is 30.6 Å². The van der Waals surface area contributed by atoms with Crippen molar-refractivity contribution in [3.63, 3.8) is 0 Å². The molecule has 0 unspecified atom stereocenters. The van der Waals surface area contributed by atoms with Gasteiger partial charge >= 0.3 is 7.60 Å². The summed E-state index contributed by atoms with van der Waals surface area (Å²) in [6.07, 6.45) is 0. The van der Waals surface area contributed by atoms with Gasteiger partial charge in [-0.25, -0.2) is 4.39 Å². The molecule has 0 aliphatic carbocycles. The highest BCUT2D eigenvalue weighted by molar-refractivity contribution is 7.54. The van der Waals surface area contributed by atoms with Gasteiger partial charge < -0.3 is 9.05 Å². The third kappa shape index (κ3) is 6.82. The lowest BCUT2D eigenvalue weighted by atomic mass is 10.2. The fraction of sp³-hybridized carbons (Fsp3) is 0.455. The first-order valence-corrected chi connectivity index (χ1v) is 11.3. The second-order valence-electron chi connectivity index (χ2n) is 7.71. The average Bonchev–Trinajstić information content (AvgIpc) is 2.67. The Morgan fingerprint density at radius 3 is 1.96 bits per heavy atom. The quantitative estimate of drug-likeness (QED) is 0.454. The van der Waals surface area contributed by atoms with Crippen molar-refractivity contribution in [3.8, 4) is 0 Å². The van der Waals surface area contributed by atoms with Crippen molar-refractivity contribution in [3.05, 3.63) is 71.5 Å². The van der Waals surface area contributed by atoms with Crippen molar-refractivity contribution in [1.29, 1.82) is 0 Å². The molecule has 0 saturated heterocycles. The summed E-state index contributed by atoms with van der Waals surface area (Å²) < 4.78 is 40.1. The van der Waals surface area contributed by atoms with Crippen LogP contribution in [-0.2, 0) is 20.2 Å². The van der Waals surface area contributed by atoms with Crippen LogP contribution in [0.2, 0.25) is 0 Å². The summed E-state index contributed by atoms with van der Waals surface area (Å²) in [5.41, 5.74) is 1.29. The summed E-state index contributed by atoms with van der Waals surface area (Å²) in [4.78, 5) is 0. The SMILES string of the molecule is CC(C)COP(=O)(OCC(C)C)[C@@H](NCc1ccccc1)c1ccccc1F. The Bertz CT molecular complexity index is 751. The highest BCUT2D eigenvalue weighted by atomic mass is 31.2. The van der Waals surface area contributed by atoms with Crippen LogP contribution in [0.4, 0.5) is 4.39 Å². The number of rotatable bonds is 11. The topological polar surface area (TPSA) is 47.6 Å². The van der Waals surface area contributed by atoms with Crippen molar-refractivity contribution in [1.82, 2.24) is 5.32 Å². The zero-order valence-electron chi connectivity index (χ0n) is 17.1. The van der Waals surface area contributed by atoms with E-state index in [1.54, 1.807) is 18.2 Å². The van der Waals surface area contributed by atoms with Crippen LogP contribution >= 0.6 is 7.60 Å². The fourth-order valence-corrected chi connectivity index (χ4v) is 4.84. The first-order chi connectivity index (χ1) is 13.3. The van der Waals surface area contributed by atoms with E-state index in [1.807, 2.05) is 58.0 Å². The molecule has 28 heavy (non-hydrogen) atoms. The molecular formula is C22H31FNO3P. The van der Waals surface area contributed by atoms with Crippen molar-refractivity contribution in [2.24, 2.45) is 11.8 Å². The molecule has 0 radical (unpaired) electrons. The minimum absolute atomic E-state index is 0.173. The minimum atomic E-state index is -3.67. The van der Waals surface area contributed by atoms with Gasteiger partial charge in [-0.15, -0.1) is 0 Å². The second-order valence-corrected chi connectivity index (χ2v) is 9.82. The molecular weight excluding hydrogens is 376 g/mol. The molecule has 0 bridgehead atoms. The van der Waals surface area contributed by atoms with Gasteiger partial charge in [-0.2, -0.15) is 0 Å². The summed E-state index contributed by atoms with van der Waals surface area (Å²) in [6, 6.07) is 16.0. The van der Waals surface area contributed by atoms with Crippen molar-refractivity contribution < 1.29 is 18.0 Å². The molecule has 1 atom stereocenters. The molecule has 0 aromatic heterocycles. The van der Waals surface area contributed by atoms with Crippen LogP contribution in [0.5, 0.6) is 0 Å². The molecule has 0 saturated carbocycles. The van der Waals surface area contributed by atoms with Crippen LogP contribution in [0, 0.1) is 17.7 Å². The monoisotopic (exact) mass is 407 g/mol. The van der Waals surface area contributed by atoms with Gasteiger partial charge in [0.1, 0.15) is 11.6 Å². The first-order valence-electron chi connectivity index (χ1n) is 9.72. The lowest BCUT2D eigenvalue weighted by molar-refractivity contribution is 0.163.